The average Bonchev–Trinajstić information content (AvgIpc) is 2.60. The molecule has 1 aliphatic rings. The van der Waals surface area contributed by atoms with Crippen LogP contribution >= 0.6 is 0 Å². The number of imidazole rings is 1. The van der Waals surface area contributed by atoms with Crippen molar-refractivity contribution in [3.05, 3.63) is 18.2 Å². The molecule has 16 heavy (non-hydrogen) atoms. The minimum Gasteiger partial charge on any atom is -0.390 e. The predicted octanol–water partition coefficient (Wildman–Crippen LogP) is 2.10. The molecule has 3 heteroatoms. The zero-order chi connectivity index (χ0) is 11.9. The van der Waals surface area contributed by atoms with Gasteiger partial charge in [0.2, 0.25) is 0 Å². The van der Waals surface area contributed by atoms with Crippen LogP contribution in [-0.2, 0) is 13.0 Å². The van der Waals surface area contributed by atoms with Gasteiger partial charge in [0.15, 0.2) is 0 Å². The first-order valence-corrected chi connectivity index (χ1v) is 6.12. The summed E-state index contributed by atoms with van der Waals surface area (Å²) in [4.78, 5) is 4.39. The molecule has 0 spiro atoms. The van der Waals surface area contributed by atoms with Crippen molar-refractivity contribution in [3.8, 4) is 0 Å². The van der Waals surface area contributed by atoms with E-state index in [1.54, 1.807) is 0 Å². The minimum atomic E-state index is -0.614. The Morgan fingerprint density at radius 2 is 2.19 bits per heavy atom. The Bertz CT molecular complexity index is 362. The molecule has 0 saturated heterocycles. The predicted molar refractivity (Wildman–Crippen MR) is 64.0 cm³/mol. The van der Waals surface area contributed by atoms with Gasteiger partial charge in [-0.2, -0.15) is 0 Å². The summed E-state index contributed by atoms with van der Waals surface area (Å²) >= 11 is 0. The lowest BCUT2D eigenvalue weighted by molar-refractivity contribution is -0.0372. The van der Waals surface area contributed by atoms with Crippen molar-refractivity contribution in [2.45, 2.75) is 46.3 Å². The van der Waals surface area contributed by atoms with Crippen LogP contribution in [0.3, 0.4) is 0 Å². The van der Waals surface area contributed by atoms with Crippen molar-refractivity contribution in [3.63, 3.8) is 0 Å². The van der Waals surface area contributed by atoms with Crippen LogP contribution in [0.15, 0.2) is 12.4 Å². The summed E-state index contributed by atoms with van der Waals surface area (Å²) in [6.45, 7) is 9.22. The Morgan fingerprint density at radius 1 is 1.50 bits per heavy atom. The molecule has 0 amide bonds. The van der Waals surface area contributed by atoms with Gasteiger partial charge in [0.05, 0.1) is 5.60 Å². The van der Waals surface area contributed by atoms with Gasteiger partial charge in [0.25, 0.3) is 0 Å². The van der Waals surface area contributed by atoms with Gasteiger partial charge >= 0.3 is 0 Å². The third-order valence-electron chi connectivity index (χ3n) is 3.89. The van der Waals surface area contributed by atoms with E-state index in [1.807, 2.05) is 26.2 Å². The second kappa shape index (κ2) is 3.88. The van der Waals surface area contributed by atoms with Crippen molar-refractivity contribution in [2.24, 2.45) is 17.8 Å². The number of fused-ring (bicyclic) bond motifs is 1. The number of aliphatic hydroxyl groups is 1. The first-order valence-electron chi connectivity index (χ1n) is 6.12. The smallest absolute Gasteiger partial charge is 0.108 e. The zero-order valence-corrected chi connectivity index (χ0v) is 10.6. The summed E-state index contributed by atoms with van der Waals surface area (Å²) in [6.07, 6.45) is 4.86. The van der Waals surface area contributed by atoms with Crippen LogP contribution in [0.25, 0.3) is 0 Å². The second-order valence-electron chi connectivity index (χ2n) is 5.87. The molecular formula is C13H22N2O. The van der Waals surface area contributed by atoms with Gasteiger partial charge in [0.1, 0.15) is 5.82 Å². The highest BCUT2D eigenvalue weighted by molar-refractivity contribution is 5.02. The van der Waals surface area contributed by atoms with Crippen LogP contribution in [-0.4, -0.2) is 20.3 Å². The molecule has 0 saturated carbocycles. The Hall–Kier alpha value is -0.830. The van der Waals surface area contributed by atoms with Crippen LogP contribution in [0.4, 0.5) is 0 Å². The van der Waals surface area contributed by atoms with Crippen molar-refractivity contribution in [2.75, 3.05) is 0 Å². The molecule has 0 aromatic carbocycles. The largest absolute Gasteiger partial charge is 0.390 e. The van der Waals surface area contributed by atoms with Crippen LogP contribution in [0.5, 0.6) is 0 Å². The summed E-state index contributed by atoms with van der Waals surface area (Å²) in [6, 6.07) is 0. The standard InChI is InChI=1S/C13H22N2O/c1-9(2)10-7-12-14-5-6-15(12)8-11(10)13(3,4)16/h5-6,9-11,16H,7-8H2,1-4H3. The molecule has 2 rings (SSSR count). The van der Waals surface area contributed by atoms with E-state index in [9.17, 15) is 5.11 Å². The van der Waals surface area contributed by atoms with Gasteiger partial charge in [-0.3, -0.25) is 0 Å². The van der Waals surface area contributed by atoms with E-state index in [0.29, 0.717) is 17.8 Å². The molecule has 0 aliphatic carbocycles. The van der Waals surface area contributed by atoms with Gasteiger partial charge < -0.3 is 9.67 Å². The van der Waals surface area contributed by atoms with Gasteiger partial charge in [-0.25, -0.2) is 4.98 Å². The molecule has 3 nitrogen and oxygen atoms in total. The Balaban J connectivity index is 2.31. The fourth-order valence-corrected chi connectivity index (χ4v) is 2.84. The Morgan fingerprint density at radius 3 is 2.75 bits per heavy atom. The monoisotopic (exact) mass is 222 g/mol. The summed E-state index contributed by atoms with van der Waals surface area (Å²) in [5.41, 5.74) is -0.614. The molecule has 1 N–H and O–H groups in total. The number of aromatic nitrogens is 2. The number of hydrogen-bond acceptors (Lipinski definition) is 2. The molecule has 0 fully saturated rings. The van der Waals surface area contributed by atoms with Crippen LogP contribution < -0.4 is 0 Å². The van der Waals surface area contributed by atoms with Crippen molar-refractivity contribution in [1.82, 2.24) is 9.55 Å². The van der Waals surface area contributed by atoms with Gasteiger partial charge in [0, 0.05) is 31.3 Å². The molecular weight excluding hydrogens is 200 g/mol. The van der Waals surface area contributed by atoms with Crippen molar-refractivity contribution >= 4 is 0 Å². The summed E-state index contributed by atoms with van der Waals surface area (Å²) < 4.78 is 2.18. The van der Waals surface area contributed by atoms with E-state index in [1.165, 1.54) is 5.82 Å². The molecule has 2 unspecified atom stereocenters. The molecule has 1 aromatic heterocycles. The van der Waals surface area contributed by atoms with E-state index in [-0.39, 0.29) is 0 Å². The van der Waals surface area contributed by atoms with Crippen LogP contribution in [0.1, 0.15) is 33.5 Å². The zero-order valence-electron chi connectivity index (χ0n) is 10.6. The van der Waals surface area contributed by atoms with E-state index in [0.717, 1.165) is 13.0 Å². The van der Waals surface area contributed by atoms with Crippen LogP contribution in [0.2, 0.25) is 0 Å². The quantitative estimate of drug-likeness (QED) is 0.832. The number of nitrogens with zero attached hydrogens (tertiary/aromatic N) is 2. The van der Waals surface area contributed by atoms with Gasteiger partial charge in [-0.05, 0) is 25.7 Å². The number of rotatable bonds is 2. The Kier molecular flexibility index (Phi) is 2.82. The third kappa shape index (κ3) is 2.01. The highest BCUT2D eigenvalue weighted by atomic mass is 16.3. The highest BCUT2D eigenvalue weighted by Gasteiger charge is 2.39. The van der Waals surface area contributed by atoms with E-state index < -0.39 is 5.60 Å². The number of hydrogen-bond donors (Lipinski definition) is 1. The molecule has 0 radical (unpaired) electrons. The molecule has 1 aliphatic heterocycles. The lowest BCUT2D eigenvalue weighted by Gasteiger charge is -2.41. The molecule has 90 valence electrons. The lowest BCUT2D eigenvalue weighted by Crippen LogP contribution is -2.45. The van der Waals surface area contributed by atoms with E-state index in [4.69, 9.17) is 0 Å². The van der Waals surface area contributed by atoms with Crippen LogP contribution in [0, 0.1) is 17.8 Å². The van der Waals surface area contributed by atoms with Gasteiger partial charge in [-0.1, -0.05) is 13.8 Å². The molecule has 2 atom stereocenters. The summed E-state index contributed by atoms with van der Waals surface area (Å²) in [5, 5.41) is 10.3. The van der Waals surface area contributed by atoms with Crippen molar-refractivity contribution in [1.29, 1.82) is 0 Å². The normalized spacial score (nSPS) is 25.9. The first kappa shape index (κ1) is 11.6. The second-order valence-corrected chi connectivity index (χ2v) is 5.87. The maximum atomic E-state index is 10.3. The fourth-order valence-electron chi connectivity index (χ4n) is 2.84. The SMILES string of the molecule is CC(C)C1Cc2nccn2CC1C(C)(C)O. The maximum Gasteiger partial charge on any atom is 0.108 e. The van der Waals surface area contributed by atoms with E-state index >= 15 is 0 Å². The topological polar surface area (TPSA) is 38.0 Å². The van der Waals surface area contributed by atoms with Crippen molar-refractivity contribution < 1.29 is 5.11 Å². The minimum absolute atomic E-state index is 0.314. The molecule has 1 aromatic rings. The first-order chi connectivity index (χ1) is 7.39. The van der Waals surface area contributed by atoms with E-state index in [2.05, 4.69) is 23.4 Å². The van der Waals surface area contributed by atoms with Gasteiger partial charge in [-0.15, -0.1) is 0 Å². The molecule has 2 heterocycles. The highest BCUT2D eigenvalue weighted by Crippen LogP contribution is 2.37. The third-order valence-corrected chi connectivity index (χ3v) is 3.89. The maximum absolute atomic E-state index is 10.3. The fraction of sp³-hybridized carbons (Fsp3) is 0.769. The summed E-state index contributed by atoms with van der Waals surface area (Å²) in [7, 11) is 0. The summed E-state index contributed by atoms with van der Waals surface area (Å²) in [5.74, 6) is 2.59. The Labute approximate surface area is 97.5 Å². The molecule has 0 bridgehead atoms. The average molecular weight is 222 g/mol. The lowest BCUT2D eigenvalue weighted by atomic mass is 9.71.